The second-order valence-electron chi connectivity index (χ2n) is 4.10. The van der Waals surface area contributed by atoms with E-state index in [1.807, 2.05) is 37.3 Å². The molecule has 0 amide bonds. The predicted molar refractivity (Wildman–Crippen MR) is 67.1 cm³/mol. The number of ether oxygens (including phenoxy) is 1. The van der Waals surface area contributed by atoms with E-state index < -0.39 is 12.0 Å². The summed E-state index contributed by atoms with van der Waals surface area (Å²) in [6.45, 7) is 2.22. The van der Waals surface area contributed by atoms with Crippen molar-refractivity contribution in [3.63, 3.8) is 0 Å². The van der Waals surface area contributed by atoms with Crippen LogP contribution in [0.1, 0.15) is 25.3 Å². The molecule has 0 saturated carbocycles. The lowest BCUT2D eigenvalue weighted by molar-refractivity contribution is -0.146. The van der Waals surface area contributed by atoms with Gasteiger partial charge in [-0.25, -0.2) is 0 Å². The number of hydrogen-bond donors (Lipinski definition) is 2. The number of nitrogens with two attached hydrogens (primary N) is 2. The molecule has 17 heavy (non-hydrogen) atoms. The Hall–Kier alpha value is -1.39. The molecule has 0 bridgehead atoms. The van der Waals surface area contributed by atoms with Gasteiger partial charge in [0, 0.05) is 6.04 Å². The quantitative estimate of drug-likeness (QED) is 0.727. The molecule has 1 rings (SSSR count). The van der Waals surface area contributed by atoms with Crippen molar-refractivity contribution in [3.8, 4) is 0 Å². The summed E-state index contributed by atoms with van der Waals surface area (Å²) in [6.07, 6.45) is 1.27. The van der Waals surface area contributed by atoms with E-state index in [-0.39, 0.29) is 12.6 Å². The van der Waals surface area contributed by atoms with Gasteiger partial charge in [-0.05, 0) is 18.4 Å². The second-order valence-corrected chi connectivity index (χ2v) is 4.10. The van der Waals surface area contributed by atoms with Crippen LogP contribution in [0, 0.1) is 0 Å². The maximum Gasteiger partial charge on any atom is 0.323 e. The third kappa shape index (κ3) is 4.97. The average molecular weight is 236 g/mol. The van der Waals surface area contributed by atoms with Gasteiger partial charge in [0.15, 0.2) is 0 Å². The number of esters is 1. The predicted octanol–water partition coefficient (Wildman–Crippen LogP) is 1.18. The van der Waals surface area contributed by atoms with Gasteiger partial charge < -0.3 is 16.2 Å². The summed E-state index contributed by atoms with van der Waals surface area (Å²) in [5, 5.41) is 0. The topological polar surface area (TPSA) is 78.3 Å². The second kappa shape index (κ2) is 7.04. The van der Waals surface area contributed by atoms with Crippen LogP contribution in [0.3, 0.4) is 0 Å². The van der Waals surface area contributed by atoms with Crippen LogP contribution in [0.5, 0.6) is 0 Å². The highest BCUT2D eigenvalue weighted by atomic mass is 16.5. The first-order valence-electron chi connectivity index (χ1n) is 5.85. The van der Waals surface area contributed by atoms with Crippen molar-refractivity contribution in [1.82, 2.24) is 0 Å². The molecule has 0 aliphatic rings. The van der Waals surface area contributed by atoms with Crippen LogP contribution in [-0.4, -0.2) is 18.1 Å². The largest absolute Gasteiger partial charge is 0.460 e. The Morgan fingerprint density at radius 2 is 1.94 bits per heavy atom. The van der Waals surface area contributed by atoms with Crippen molar-refractivity contribution in [2.24, 2.45) is 11.5 Å². The van der Waals surface area contributed by atoms with Crippen molar-refractivity contribution < 1.29 is 9.53 Å². The SMILES string of the molecule is CC[C@H](N)C[C@@H](N)C(=O)OCc1ccccc1. The summed E-state index contributed by atoms with van der Waals surface area (Å²) >= 11 is 0. The average Bonchev–Trinajstić information content (AvgIpc) is 2.36. The zero-order valence-electron chi connectivity index (χ0n) is 10.1. The van der Waals surface area contributed by atoms with E-state index in [0.717, 1.165) is 12.0 Å². The van der Waals surface area contributed by atoms with Crippen molar-refractivity contribution in [2.75, 3.05) is 0 Å². The van der Waals surface area contributed by atoms with E-state index in [2.05, 4.69) is 0 Å². The number of benzene rings is 1. The van der Waals surface area contributed by atoms with Gasteiger partial charge in [-0.3, -0.25) is 4.79 Å². The maximum atomic E-state index is 11.6. The van der Waals surface area contributed by atoms with Crippen LogP contribution in [0.2, 0.25) is 0 Å². The van der Waals surface area contributed by atoms with E-state index >= 15 is 0 Å². The molecule has 0 saturated heterocycles. The first-order chi connectivity index (χ1) is 8.13. The Balaban J connectivity index is 2.34. The van der Waals surface area contributed by atoms with Crippen LogP contribution >= 0.6 is 0 Å². The number of rotatable bonds is 6. The molecule has 0 aliphatic heterocycles. The normalized spacial score (nSPS) is 14.1. The van der Waals surface area contributed by atoms with E-state index in [9.17, 15) is 4.79 Å². The zero-order chi connectivity index (χ0) is 12.7. The minimum absolute atomic E-state index is 0.0470. The molecule has 0 heterocycles. The summed E-state index contributed by atoms with van der Waals surface area (Å²) < 4.78 is 5.12. The highest BCUT2D eigenvalue weighted by molar-refractivity contribution is 5.75. The van der Waals surface area contributed by atoms with Gasteiger partial charge in [0.05, 0.1) is 0 Å². The minimum Gasteiger partial charge on any atom is -0.460 e. The molecule has 4 heteroatoms. The monoisotopic (exact) mass is 236 g/mol. The van der Waals surface area contributed by atoms with Crippen molar-refractivity contribution >= 4 is 5.97 Å². The molecule has 0 aromatic heterocycles. The van der Waals surface area contributed by atoms with Crippen LogP contribution in [0.4, 0.5) is 0 Å². The summed E-state index contributed by atoms with van der Waals surface area (Å²) in [5.74, 6) is -0.391. The number of hydrogen-bond acceptors (Lipinski definition) is 4. The van der Waals surface area contributed by atoms with Crippen molar-refractivity contribution in [1.29, 1.82) is 0 Å². The first kappa shape index (κ1) is 13.7. The molecule has 0 unspecified atom stereocenters. The van der Waals surface area contributed by atoms with E-state index in [1.165, 1.54) is 0 Å². The number of carbonyl (C=O) groups is 1. The molecule has 1 aromatic rings. The molecule has 0 spiro atoms. The van der Waals surface area contributed by atoms with Gasteiger partial charge in [-0.15, -0.1) is 0 Å². The maximum absolute atomic E-state index is 11.6. The summed E-state index contributed by atoms with van der Waals surface area (Å²) in [6, 6.07) is 8.83. The van der Waals surface area contributed by atoms with Gasteiger partial charge in [-0.2, -0.15) is 0 Å². The highest BCUT2D eigenvalue weighted by Crippen LogP contribution is 2.04. The van der Waals surface area contributed by atoms with Crippen molar-refractivity contribution in [2.45, 2.75) is 38.5 Å². The molecule has 2 atom stereocenters. The molecule has 4 N–H and O–H groups in total. The lowest BCUT2D eigenvalue weighted by Gasteiger charge is -2.15. The molecule has 0 radical (unpaired) electrons. The Morgan fingerprint density at radius 1 is 1.29 bits per heavy atom. The van der Waals surface area contributed by atoms with Gasteiger partial charge in [0.1, 0.15) is 12.6 Å². The minimum atomic E-state index is -0.631. The zero-order valence-corrected chi connectivity index (χ0v) is 10.1. The molecule has 0 fully saturated rings. The van der Waals surface area contributed by atoms with Crippen LogP contribution in [0.15, 0.2) is 30.3 Å². The summed E-state index contributed by atoms with van der Waals surface area (Å²) in [4.78, 5) is 11.6. The first-order valence-corrected chi connectivity index (χ1v) is 5.85. The number of carbonyl (C=O) groups excluding carboxylic acids is 1. The smallest absolute Gasteiger partial charge is 0.323 e. The van der Waals surface area contributed by atoms with Crippen LogP contribution in [-0.2, 0) is 16.1 Å². The van der Waals surface area contributed by atoms with Gasteiger partial charge in [0.2, 0.25) is 0 Å². The fourth-order valence-corrected chi connectivity index (χ4v) is 1.42. The Kier molecular flexibility index (Phi) is 5.66. The molecule has 0 aliphatic carbocycles. The van der Waals surface area contributed by atoms with E-state index in [1.54, 1.807) is 0 Å². The third-order valence-electron chi connectivity index (χ3n) is 2.61. The van der Waals surface area contributed by atoms with Gasteiger partial charge in [0.25, 0.3) is 0 Å². The highest BCUT2D eigenvalue weighted by Gasteiger charge is 2.17. The molecule has 94 valence electrons. The molecular formula is C13H20N2O2. The van der Waals surface area contributed by atoms with Crippen LogP contribution in [0.25, 0.3) is 0 Å². The molecule has 1 aromatic carbocycles. The molecular weight excluding hydrogens is 216 g/mol. The summed E-state index contributed by atoms with van der Waals surface area (Å²) in [7, 11) is 0. The van der Waals surface area contributed by atoms with E-state index in [4.69, 9.17) is 16.2 Å². The standard InChI is InChI=1S/C13H20N2O2/c1-2-11(14)8-12(15)13(16)17-9-10-6-4-3-5-7-10/h3-7,11-12H,2,8-9,14-15H2,1H3/t11-,12+/m0/s1. The van der Waals surface area contributed by atoms with Crippen LogP contribution < -0.4 is 11.5 Å². The Morgan fingerprint density at radius 3 is 2.53 bits per heavy atom. The lowest BCUT2D eigenvalue weighted by atomic mass is 10.1. The Bertz CT molecular complexity index is 341. The fraction of sp³-hybridized carbons (Fsp3) is 0.462. The van der Waals surface area contributed by atoms with E-state index in [0.29, 0.717) is 6.42 Å². The fourth-order valence-electron chi connectivity index (χ4n) is 1.42. The molecule has 4 nitrogen and oxygen atoms in total. The Labute approximate surface area is 102 Å². The van der Waals surface area contributed by atoms with Gasteiger partial charge in [-0.1, -0.05) is 37.3 Å². The summed E-state index contributed by atoms with van der Waals surface area (Å²) in [5.41, 5.74) is 12.4. The van der Waals surface area contributed by atoms with Crippen molar-refractivity contribution in [3.05, 3.63) is 35.9 Å². The van der Waals surface area contributed by atoms with Gasteiger partial charge >= 0.3 is 5.97 Å². The third-order valence-corrected chi connectivity index (χ3v) is 2.61. The lowest BCUT2D eigenvalue weighted by Crippen LogP contribution is -2.38.